The number of fused-ring (bicyclic) bond motifs is 1. The van der Waals surface area contributed by atoms with E-state index < -0.39 is 0 Å². The fraction of sp³-hybridized carbons (Fsp3) is 0.364. The molecule has 1 aliphatic rings. The normalized spacial score (nSPS) is 18.5. The van der Waals surface area contributed by atoms with Crippen molar-refractivity contribution in [1.82, 2.24) is 0 Å². The Balaban J connectivity index is 2.21. The molecule has 1 heterocycles. The molecule has 0 bridgehead atoms. The van der Waals surface area contributed by atoms with Gasteiger partial charge in [-0.15, -0.1) is 0 Å². The molecule has 1 aromatic carbocycles. The number of hydrogen-bond acceptors (Lipinski definition) is 4. The van der Waals surface area contributed by atoms with Gasteiger partial charge in [0.1, 0.15) is 0 Å². The van der Waals surface area contributed by atoms with Crippen LogP contribution in [0, 0.1) is 0 Å². The Kier molecular flexibility index (Phi) is 2.87. The number of carbonyl (C=O) groups is 1. The lowest BCUT2D eigenvalue weighted by Gasteiger charge is -2.22. The van der Waals surface area contributed by atoms with Crippen molar-refractivity contribution < 1.29 is 9.53 Å². The Bertz CT molecular complexity index is 354. The van der Waals surface area contributed by atoms with Crippen molar-refractivity contribution in [2.24, 2.45) is 0 Å². The predicted octanol–water partition coefficient (Wildman–Crippen LogP) is 1.09. The van der Waals surface area contributed by atoms with Crippen molar-refractivity contribution in [3.8, 4) is 0 Å². The quantitative estimate of drug-likeness (QED) is 0.749. The Morgan fingerprint density at radius 1 is 1.53 bits per heavy atom. The number of anilines is 2. The van der Waals surface area contributed by atoms with Crippen LogP contribution in [-0.4, -0.2) is 32.7 Å². The molecular formula is C11H14N2O2. The van der Waals surface area contributed by atoms with E-state index in [4.69, 9.17) is 4.74 Å². The largest absolute Gasteiger partial charge is 0.383 e. The average Bonchev–Trinajstić information content (AvgIpc) is 2.64. The molecule has 0 saturated carbocycles. The van der Waals surface area contributed by atoms with E-state index in [1.54, 1.807) is 7.11 Å². The van der Waals surface area contributed by atoms with Gasteiger partial charge in [0.05, 0.1) is 18.0 Å². The maximum atomic E-state index is 10.9. The van der Waals surface area contributed by atoms with Gasteiger partial charge in [0, 0.05) is 13.7 Å². The number of methoxy groups -OCH3 is 1. The third-order valence-electron chi connectivity index (χ3n) is 2.52. The maximum absolute atomic E-state index is 10.9. The van der Waals surface area contributed by atoms with Gasteiger partial charge in [-0.1, -0.05) is 12.1 Å². The summed E-state index contributed by atoms with van der Waals surface area (Å²) in [6.45, 7) is 1.32. The second-order valence-electron chi connectivity index (χ2n) is 3.43. The van der Waals surface area contributed by atoms with Crippen LogP contribution in [0.15, 0.2) is 24.3 Å². The fourth-order valence-corrected chi connectivity index (χ4v) is 1.79. The Hall–Kier alpha value is -1.55. The van der Waals surface area contributed by atoms with Crippen molar-refractivity contribution in [1.29, 1.82) is 0 Å². The lowest BCUT2D eigenvalue weighted by Crippen LogP contribution is -2.38. The van der Waals surface area contributed by atoms with Crippen LogP contribution in [0.3, 0.4) is 0 Å². The molecule has 0 amide bonds. The molecule has 0 fully saturated rings. The molecule has 0 saturated heterocycles. The van der Waals surface area contributed by atoms with E-state index in [2.05, 4.69) is 5.32 Å². The highest BCUT2D eigenvalue weighted by Gasteiger charge is 2.26. The molecule has 0 radical (unpaired) electrons. The summed E-state index contributed by atoms with van der Waals surface area (Å²) in [5.74, 6) is 0. The summed E-state index contributed by atoms with van der Waals surface area (Å²) in [6, 6.07) is 7.89. The highest BCUT2D eigenvalue weighted by atomic mass is 16.5. The lowest BCUT2D eigenvalue weighted by molar-refractivity contribution is -0.108. The molecule has 1 unspecified atom stereocenters. The number of rotatable bonds is 4. The molecular weight excluding hydrogens is 192 g/mol. The van der Waals surface area contributed by atoms with Crippen molar-refractivity contribution in [3.05, 3.63) is 24.3 Å². The Morgan fingerprint density at radius 2 is 2.33 bits per heavy atom. The van der Waals surface area contributed by atoms with Crippen LogP contribution in [-0.2, 0) is 9.53 Å². The number of ether oxygens (including phenoxy) is 1. The molecule has 80 valence electrons. The van der Waals surface area contributed by atoms with E-state index >= 15 is 0 Å². The fourth-order valence-electron chi connectivity index (χ4n) is 1.79. The molecule has 0 spiro atoms. The summed E-state index contributed by atoms with van der Waals surface area (Å²) in [4.78, 5) is 12.9. The highest BCUT2D eigenvalue weighted by molar-refractivity contribution is 5.84. The highest BCUT2D eigenvalue weighted by Crippen LogP contribution is 2.32. The maximum Gasteiger partial charge on any atom is 0.162 e. The topological polar surface area (TPSA) is 41.6 Å². The number of aldehydes is 1. The van der Waals surface area contributed by atoms with E-state index in [-0.39, 0.29) is 6.17 Å². The summed E-state index contributed by atoms with van der Waals surface area (Å²) in [6.07, 6.45) is 0.646. The van der Waals surface area contributed by atoms with Crippen molar-refractivity contribution >= 4 is 17.7 Å². The van der Waals surface area contributed by atoms with Crippen LogP contribution < -0.4 is 10.2 Å². The number of para-hydroxylation sites is 2. The number of hydrogen-bond donors (Lipinski definition) is 1. The molecule has 4 nitrogen and oxygen atoms in total. The van der Waals surface area contributed by atoms with Crippen LogP contribution in [0.5, 0.6) is 0 Å². The molecule has 1 aliphatic heterocycles. The van der Waals surface area contributed by atoms with Crippen molar-refractivity contribution in [2.45, 2.75) is 6.17 Å². The van der Waals surface area contributed by atoms with Crippen LogP contribution in [0.25, 0.3) is 0 Å². The minimum absolute atomic E-state index is 0.266. The van der Waals surface area contributed by atoms with Crippen molar-refractivity contribution in [2.75, 3.05) is 30.5 Å². The summed E-state index contributed by atoms with van der Waals surface area (Å²) >= 11 is 0. The molecule has 2 rings (SSSR count). The Morgan fingerprint density at radius 3 is 3.07 bits per heavy atom. The number of benzene rings is 1. The first kappa shape index (κ1) is 9.98. The molecule has 4 heteroatoms. The van der Waals surface area contributed by atoms with Crippen molar-refractivity contribution in [3.63, 3.8) is 0 Å². The van der Waals surface area contributed by atoms with E-state index in [1.165, 1.54) is 0 Å². The van der Waals surface area contributed by atoms with E-state index in [9.17, 15) is 4.79 Å². The molecule has 15 heavy (non-hydrogen) atoms. The number of nitrogens with one attached hydrogen (secondary N) is 1. The van der Waals surface area contributed by atoms with E-state index in [0.717, 1.165) is 17.7 Å². The third-order valence-corrected chi connectivity index (χ3v) is 2.52. The van der Waals surface area contributed by atoms with E-state index in [0.29, 0.717) is 13.2 Å². The van der Waals surface area contributed by atoms with Gasteiger partial charge >= 0.3 is 0 Å². The van der Waals surface area contributed by atoms with Crippen LogP contribution in [0.2, 0.25) is 0 Å². The number of carbonyl (C=O) groups excluding carboxylic acids is 1. The molecule has 1 aromatic rings. The summed E-state index contributed by atoms with van der Waals surface area (Å²) in [5.41, 5.74) is 2.07. The SMILES string of the molecule is COCCN1c2ccccc2NC1C=O. The minimum atomic E-state index is -0.266. The number of nitrogens with zero attached hydrogens (tertiary/aromatic N) is 1. The monoisotopic (exact) mass is 206 g/mol. The average molecular weight is 206 g/mol. The lowest BCUT2D eigenvalue weighted by atomic mass is 10.2. The molecule has 1 atom stereocenters. The van der Waals surface area contributed by atoms with Crippen LogP contribution in [0.4, 0.5) is 11.4 Å². The van der Waals surface area contributed by atoms with Gasteiger partial charge in [0.2, 0.25) is 0 Å². The standard InChI is InChI=1S/C11H14N2O2/c1-15-7-6-13-10-5-3-2-4-9(10)12-11(13)8-14/h2-5,8,11-12H,6-7H2,1H3. The second-order valence-corrected chi connectivity index (χ2v) is 3.43. The van der Waals surface area contributed by atoms with E-state index in [1.807, 2.05) is 29.2 Å². The van der Waals surface area contributed by atoms with Gasteiger partial charge in [0.25, 0.3) is 0 Å². The molecule has 0 aromatic heterocycles. The van der Waals surface area contributed by atoms with Gasteiger partial charge in [-0.25, -0.2) is 0 Å². The first-order valence-electron chi connectivity index (χ1n) is 4.93. The van der Waals surface area contributed by atoms with Gasteiger partial charge in [-0.3, -0.25) is 4.79 Å². The van der Waals surface area contributed by atoms with Gasteiger partial charge in [-0.05, 0) is 12.1 Å². The zero-order valence-electron chi connectivity index (χ0n) is 8.64. The summed E-state index contributed by atoms with van der Waals surface area (Å²) in [5, 5.41) is 3.15. The first-order valence-corrected chi connectivity index (χ1v) is 4.93. The van der Waals surface area contributed by atoms with Gasteiger partial charge in [-0.2, -0.15) is 0 Å². The van der Waals surface area contributed by atoms with Crippen LogP contribution in [0.1, 0.15) is 0 Å². The first-order chi connectivity index (χ1) is 7.36. The summed E-state index contributed by atoms with van der Waals surface area (Å²) in [7, 11) is 1.66. The predicted molar refractivity (Wildman–Crippen MR) is 59.1 cm³/mol. The Labute approximate surface area is 88.8 Å². The zero-order chi connectivity index (χ0) is 10.7. The van der Waals surface area contributed by atoms with Gasteiger partial charge < -0.3 is 15.0 Å². The summed E-state index contributed by atoms with van der Waals surface area (Å²) < 4.78 is 5.03. The third kappa shape index (κ3) is 1.80. The molecule has 0 aliphatic carbocycles. The second kappa shape index (κ2) is 4.31. The minimum Gasteiger partial charge on any atom is -0.383 e. The van der Waals surface area contributed by atoms with Crippen LogP contribution >= 0.6 is 0 Å². The smallest absolute Gasteiger partial charge is 0.162 e. The van der Waals surface area contributed by atoms with Gasteiger partial charge in [0.15, 0.2) is 12.5 Å². The molecule has 1 N–H and O–H groups in total. The zero-order valence-corrected chi connectivity index (χ0v) is 8.64.